The predicted molar refractivity (Wildman–Crippen MR) is 75.6 cm³/mol. The summed E-state index contributed by atoms with van der Waals surface area (Å²) in [5, 5.41) is 3.67. The van der Waals surface area contributed by atoms with Crippen LogP contribution in [0.2, 0.25) is 0 Å². The van der Waals surface area contributed by atoms with E-state index in [4.69, 9.17) is 0 Å². The largest absolute Gasteiger partial charge is 0.349 e. The maximum absolute atomic E-state index is 4.35. The SMILES string of the molecule is CCCNC(CCC1CCCC1)Cc1ncc[nH]1. The van der Waals surface area contributed by atoms with Crippen molar-refractivity contribution in [3.63, 3.8) is 0 Å². The summed E-state index contributed by atoms with van der Waals surface area (Å²) in [7, 11) is 0. The average molecular weight is 249 g/mol. The van der Waals surface area contributed by atoms with Crippen LogP contribution in [-0.2, 0) is 6.42 Å². The highest BCUT2D eigenvalue weighted by Gasteiger charge is 2.17. The fourth-order valence-corrected chi connectivity index (χ4v) is 3.00. The molecule has 1 saturated carbocycles. The van der Waals surface area contributed by atoms with Crippen molar-refractivity contribution < 1.29 is 0 Å². The number of hydrogen-bond acceptors (Lipinski definition) is 2. The van der Waals surface area contributed by atoms with Crippen LogP contribution in [-0.4, -0.2) is 22.6 Å². The number of nitrogens with zero attached hydrogens (tertiary/aromatic N) is 1. The second kappa shape index (κ2) is 7.57. The van der Waals surface area contributed by atoms with Gasteiger partial charge in [0.05, 0.1) is 0 Å². The molecule has 0 bridgehead atoms. The van der Waals surface area contributed by atoms with Gasteiger partial charge in [-0.05, 0) is 31.7 Å². The molecule has 1 aliphatic rings. The van der Waals surface area contributed by atoms with Crippen LogP contribution in [0.4, 0.5) is 0 Å². The minimum atomic E-state index is 0.594. The monoisotopic (exact) mass is 249 g/mol. The molecule has 1 aromatic heterocycles. The van der Waals surface area contributed by atoms with Crippen LogP contribution in [0.5, 0.6) is 0 Å². The molecule has 3 nitrogen and oxygen atoms in total. The highest BCUT2D eigenvalue weighted by atomic mass is 14.9. The van der Waals surface area contributed by atoms with Crippen molar-refractivity contribution in [2.75, 3.05) is 6.54 Å². The van der Waals surface area contributed by atoms with Gasteiger partial charge in [-0.2, -0.15) is 0 Å². The molecule has 0 amide bonds. The molecule has 18 heavy (non-hydrogen) atoms. The Labute approximate surface area is 111 Å². The molecule has 0 aliphatic heterocycles. The molecule has 1 heterocycles. The summed E-state index contributed by atoms with van der Waals surface area (Å²) in [6, 6.07) is 0.594. The van der Waals surface area contributed by atoms with E-state index in [1.165, 1.54) is 44.9 Å². The van der Waals surface area contributed by atoms with Crippen molar-refractivity contribution in [3.05, 3.63) is 18.2 Å². The molecule has 102 valence electrons. The van der Waals surface area contributed by atoms with Crippen LogP contribution in [0.25, 0.3) is 0 Å². The molecule has 0 radical (unpaired) electrons. The molecule has 2 N–H and O–H groups in total. The van der Waals surface area contributed by atoms with Crippen LogP contribution in [0.3, 0.4) is 0 Å². The number of aromatic amines is 1. The lowest BCUT2D eigenvalue weighted by Gasteiger charge is -2.19. The smallest absolute Gasteiger partial charge is 0.107 e. The molecule has 2 rings (SSSR count). The minimum absolute atomic E-state index is 0.594. The Hall–Kier alpha value is -0.830. The van der Waals surface area contributed by atoms with Crippen molar-refractivity contribution in [2.45, 2.75) is 64.3 Å². The topological polar surface area (TPSA) is 40.7 Å². The van der Waals surface area contributed by atoms with Gasteiger partial charge in [-0.1, -0.05) is 32.6 Å². The molecular weight excluding hydrogens is 222 g/mol. The van der Waals surface area contributed by atoms with Crippen LogP contribution < -0.4 is 5.32 Å². The lowest BCUT2D eigenvalue weighted by Crippen LogP contribution is -2.32. The minimum Gasteiger partial charge on any atom is -0.349 e. The van der Waals surface area contributed by atoms with E-state index in [9.17, 15) is 0 Å². The van der Waals surface area contributed by atoms with E-state index in [0.29, 0.717) is 6.04 Å². The zero-order valence-corrected chi connectivity index (χ0v) is 11.6. The molecule has 1 fully saturated rings. The van der Waals surface area contributed by atoms with Gasteiger partial charge >= 0.3 is 0 Å². The Morgan fingerprint density at radius 2 is 2.28 bits per heavy atom. The lowest BCUT2D eigenvalue weighted by atomic mass is 9.97. The second-order valence-electron chi connectivity index (χ2n) is 5.62. The molecule has 1 unspecified atom stereocenters. The van der Waals surface area contributed by atoms with Gasteiger partial charge in [0.1, 0.15) is 5.82 Å². The third-order valence-corrected chi connectivity index (χ3v) is 4.08. The third kappa shape index (κ3) is 4.45. The Kier molecular flexibility index (Phi) is 5.72. The fourth-order valence-electron chi connectivity index (χ4n) is 3.00. The molecule has 1 aromatic rings. The van der Waals surface area contributed by atoms with E-state index in [1.54, 1.807) is 0 Å². The van der Waals surface area contributed by atoms with E-state index in [-0.39, 0.29) is 0 Å². The van der Waals surface area contributed by atoms with Gasteiger partial charge in [-0.25, -0.2) is 4.98 Å². The summed E-state index contributed by atoms with van der Waals surface area (Å²) in [5.41, 5.74) is 0. The van der Waals surface area contributed by atoms with Crippen molar-refractivity contribution in [1.82, 2.24) is 15.3 Å². The Morgan fingerprint density at radius 1 is 1.44 bits per heavy atom. The zero-order valence-electron chi connectivity index (χ0n) is 11.6. The first-order chi connectivity index (χ1) is 8.88. The number of nitrogens with one attached hydrogen (secondary N) is 2. The third-order valence-electron chi connectivity index (χ3n) is 4.08. The van der Waals surface area contributed by atoms with Gasteiger partial charge in [-0.15, -0.1) is 0 Å². The summed E-state index contributed by atoms with van der Waals surface area (Å²) in [5.74, 6) is 2.11. The summed E-state index contributed by atoms with van der Waals surface area (Å²) in [6.07, 6.45) is 14.5. The maximum atomic E-state index is 4.35. The second-order valence-corrected chi connectivity index (χ2v) is 5.62. The lowest BCUT2D eigenvalue weighted by molar-refractivity contribution is 0.399. The first-order valence-corrected chi connectivity index (χ1v) is 7.60. The molecule has 1 aliphatic carbocycles. The summed E-state index contributed by atoms with van der Waals surface area (Å²) < 4.78 is 0. The number of hydrogen-bond donors (Lipinski definition) is 2. The van der Waals surface area contributed by atoms with Crippen molar-refractivity contribution in [3.8, 4) is 0 Å². The van der Waals surface area contributed by atoms with Gasteiger partial charge in [0, 0.05) is 24.9 Å². The van der Waals surface area contributed by atoms with Crippen molar-refractivity contribution in [2.24, 2.45) is 5.92 Å². The van der Waals surface area contributed by atoms with E-state index < -0.39 is 0 Å². The summed E-state index contributed by atoms with van der Waals surface area (Å²) >= 11 is 0. The van der Waals surface area contributed by atoms with Gasteiger partial charge < -0.3 is 10.3 Å². The molecule has 0 saturated heterocycles. The Bertz CT molecular complexity index is 302. The quantitative estimate of drug-likeness (QED) is 0.742. The molecule has 3 heteroatoms. The molecule has 0 aromatic carbocycles. The van der Waals surface area contributed by atoms with Crippen molar-refractivity contribution in [1.29, 1.82) is 0 Å². The number of aromatic nitrogens is 2. The predicted octanol–water partition coefficient (Wildman–Crippen LogP) is 3.29. The molecule has 0 spiro atoms. The van der Waals surface area contributed by atoms with Crippen molar-refractivity contribution >= 4 is 0 Å². The molecule has 1 atom stereocenters. The number of H-pyrrole nitrogens is 1. The van der Waals surface area contributed by atoms with Crippen LogP contribution in [0, 0.1) is 5.92 Å². The Balaban J connectivity index is 1.76. The molecular formula is C15H27N3. The van der Waals surface area contributed by atoms with Gasteiger partial charge in [0.15, 0.2) is 0 Å². The fraction of sp³-hybridized carbons (Fsp3) is 0.800. The number of imidazole rings is 1. The van der Waals surface area contributed by atoms with Crippen LogP contribution in [0.15, 0.2) is 12.4 Å². The van der Waals surface area contributed by atoms with Crippen LogP contribution >= 0.6 is 0 Å². The van der Waals surface area contributed by atoms with Gasteiger partial charge in [0.25, 0.3) is 0 Å². The standard InChI is InChI=1S/C15H27N3/c1-2-9-16-14(12-15-17-10-11-18-15)8-7-13-5-3-4-6-13/h10-11,13-14,16H,2-9,12H2,1H3,(H,17,18). The normalized spacial score (nSPS) is 18.3. The first-order valence-electron chi connectivity index (χ1n) is 7.60. The van der Waals surface area contributed by atoms with Gasteiger partial charge in [-0.3, -0.25) is 0 Å². The van der Waals surface area contributed by atoms with Crippen LogP contribution in [0.1, 0.15) is 57.7 Å². The average Bonchev–Trinajstić information content (AvgIpc) is 3.05. The Morgan fingerprint density at radius 3 is 2.94 bits per heavy atom. The van der Waals surface area contributed by atoms with E-state index in [2.05, 4.69) is 22.2 Å². The summed E-state index contributed by atoms with van der Waals surface area (Å²) in [6.45, 7) is 3.35. The van der Waals surface area contributed by atoms with E-state index in [1.807, 2.05) is 12.4 Å². The van der Waals surface area contributed by atoms with Gasteiger partial charge in [0.2, 0.25) is 0 Å². The van der Waals surface area contributed by atoms with E-state index in [0.717, 1.165) is 24.7 Å². The highest BCUT2D eigenvalue weighted by molar-refractivity contribution is 4.91. The van der Waals surface area contributed by atoms with E-state index >= 15 is 0 Å². The highest BCUT2D eigenvalue weighted by Crippen LogP contribution is 2.29. The zero-order chi connectivity index (χ0) is 12.6. The first kappa shape index (κ1) is 13.6. The summed E-state index contributed by atoms with van der Waals surface area (Å²) in [4.78, 5) is 7.57. The maximum Gasteiger partial charge on any atom is 0.107 e. The number of rotatable bonds is 8.